The second kappa shape index (κ2) is 5.83. The van der Waals surface area contributed by atoms with Crippen molar-refractivity contribution >= 4 is 27.3 Å². The third-order valence-electron chi connectivity index (χ3n) is 3.92. The average molecular weight is 317 g/mol. The van der Waals surface area contributed by atoms with Crippen molar-refractivity contribution in [3.63, 3.8) is 0 Å². The van der Waals surface area contributed by atoms with Crippen molar-refractivity contribution in [1.82, 2.24) is 0 Å². The lowest BCUT2D eigenvalue weighted by Crippen LogP contribution is -2.28. The summed E-state index contributed by atoms with van der Waals surface area (Å²) in [6.45, 7) is 4.37. The van der Waals surface area contributed by atoms with Gasteiger partial charge in [0.15, 0.2) is 0 Å². The molecule has 1 aliphatic carbocycles. The van der Waals surface area contributed by atoms with E-state index < -0.39 is 16.0 Å². The Labute approximate surface area is 123 Å². The van der Waals surface area contributed by atoms with Crippen molar-refractivity contribution in [3.8, 4) is 0 Å². The SMILES string of the molecule is CC1CCC(OC(=O)c2csc(S(N)(=O)=O)c2)CC1C. The number of carbonyl (C=O) groups is 1. The Balaban J connectivity index is 2.00. The molecule has 20 heavy (non-hydrogen) atoms. The molecule has 0 radical (unpaired) electrons. The fraction of sp³-hybridized carbons (Fsp3) is 0.615. The van der Waals surface area contributed by atoms with Gasteiger partial charge < -0.3 is 4.74 Å². The highest BCUT2D eigenvalue weighted by Crippen LogP contribution is 2.31. The lowest BCUT2D eigenvalue weighted by molar-refractivity contribution is 0.00883. The molecule has 1 fully saturated rings. The van der Waals surface area contributed by atoms with Gasteiger partial charge in [-0.05, 0) is 37.2 Å². The minimum atomic E-state index is -3.75. The van der Waals surface area contributed by atoms with Crippen molar-refractivity contribution in [2.45, 2.75) is 43.4 Å². The fourth-order valence-electron chi connectivity index (χ4n) is 2.40. The molecule has 0 aliphatic heterocycles. The zero-order valence-electron chi connectivity index (χ0n) is 11.5. The largest absolute Gasteiger partial charge is 0.459 e. The highest BCUT2D eigenvalue weighted by atomic mass is 32.2. The summed E-state index contributed by atoms with van der Waals surface area (Å²) < 4.78 is 27.8. The monoisotopic (exact) mass is 317 g/mol. The maximum atomic E-state index is 12.0. The second-order valence-electron chi connectivity index (χ2n) is 5.49. The number of sulfonamides is 1. The van der Waals surface area contributed by atoms with Crippen LogP contribution in [-0.4, -0.2) is 20.5 Å². The maximum absolute atomic E-state index is 12.0. The normalized spacial score (nSPS) is 27.2. The third kappa shape index (κ3) is 3.59. The van der Waals surface area contributed by atoms with Crippen LogP contribution in [0.15, 0.2) is 15.7 Å². The van der Waals surface area contributed by atoms with Gasteiger partial charge in [0.25, 0.3) is 0 Å². The van der Waals surface area contributed by atoms with Gasteiger partial charge >= 0.3 is 5.97 Å². The molecule has 0 saturated heterocycles. The van der Waals surface area contributed by atoms with E-state index in [0.717, 1.165) is 30.6 Å². The second-order valence-corrected chi connectivity index (χ2v) is 8.19. The first kappa shape index (κ1) is 15.5. The number of nitrogens with two attached hydrogens (primary N) is 1. The van der Waals surface area contributed by atoms with Gasteiger partial charge in [0.05, 0.1) is 5.56 Å². The van der Waals surface area contributed by atoms with Crippen LogP contribution in [-0.2, 0) is 14.8 Å². The molecule has 0 aromatic carbocycles. The number of hydrogen-bond donors (Lipinski definition) is 1. The van der Waals surface area contributed by atoms with Crippen LogP contribution in [0.25, 0.3) is 0 Å². The van der Waals surface area contributed by atoms with Crippen LogP contribution in [0, 0.1) is 11.8 Å². The van der Waals surface area contributed by atoms with Crippen LogP contribution >= 0.6 is 11.3 Å². The van der Waals surface area contributed by atoms with Crippen LogP contribution in [0.1, 0.15) is 43.5 Å². The standard InChI is InChI=1S/C13H19NO4S2/c1-8-3-4-11(5-9(8)2)18-13(15)10-6-12(19-7-10)20(14,16)17/h6-9,11H,3-5H2,1-2H3,(H2,14,16,17). The van der Waals surface area contributed by atoms with Gasteiger partial charge in [-0.2, -0.15) is 0 Å². The third-order valence-corrected chi connectivity index (χ3v) is 6.30. The van der Waals surface area contributed by atoms with Crippen molar-refractivity contribution in [2.24, 2.45) is 17.0 Å². The molecule has 2 N–H and O–H groups in total. The minimum absolute atomic E-state index is 0.0184. The molecule has 112 valence electrons. The Morgan fingerprint density at radius 3 is 2.60 bits per heavy atom. The predicted molar refractivity (Wildman–Crippen MR) is 77.1 cm³/mol. The molecular formula is C13H19NO4S2. The predicted octanol–water partition coefficient (Wildman–Crippen LogP) is 2.38. The highest BCUT2D eigenvalue weighted by Gasteiger charge is 2.27. The number of carbonyl (C=O) groups excluding carboxylic acids is 1. The highest BCUT2D eigenvalue weighted by molar-refractivity contribution is 7.91. The van der Waals surface area contributed by atoms with Gasteiger partial charge in [0, 0.05) is 5.38 Å². The first-order valence-corrected chi connectivity index (χ1v) is 9.02. The molecule has 0 bridgehead atoms. The smallest absolute Gasteiger partial charge is 0.339 e. The molecule has 1 aromatic heterocycles. The molecule has 1 saturated carbocycles. The van der Waals surface area contributed by atoms with Crippen LogP contribution < -0.4 is 5.14 Å². The van der Waals surface area contributed by atoms with E-state index in [4.69, 9.17) is 9.88 Å². The average Bonchev–Trinajstić information content (AvgIpc) is 2.83. The molecule has 3 unspecified atom stereocenters. The number of hydrogen-bond acceptors (Lipinski definition) is 5. The molecule has 7 heteroatoms. The molecule has 1 aromatic rings. The van der Waals surface area contributed by atoms with Gasteiger partial charge in [-0.3, -0.25) is 0 Å². The van der Waals surface area contributed by atoms with Crippen LogP contribution in [0.2, 0.25) is 0 Å². The molecule has 2 rings (SSSR count). The summed E-state index contributed by atoms with van der Waals surface area (Å²) in [5.74, 6) is 0.715. The number of rotatable bonds is 3. The summed E-state index contributed by atoms with van der Waals surface area (Å²) in [6.07, 6.45) is 2.69. The molecular weight excluding hydrogens is 298 g/mol. The van der Waals surface area contributed by atoms with E-state index in [-0.39, 0.29) is 15.9 Å². The summed E-state index contributed by atoms with van der Waals surface area (Å²) in [5.41, 5.74) is 0.255. The summed E-state index contributed by atoms with van der Waals surface area (Å²) in [5, 5.41) is 6.49. The number of esters is 1. The zero-order chi connectivity index (χ0) is 14.9. The van der Waals surface area contributed by atoms with E-state index in [1.54, 1.807) is 0 Å². The van der Waals surface area contributed by atoms with E-state index in [0.29, 0.717) is 11.8 Å². The minimum Gasteiger partial charge on any atom is -0.459 e. The van der Waals surface area contributed by atoms with Gasteiger partial charge in [-0.15, -0.1) is 11.3 Å². The first-order valence-electron chi connectivity index (χ1n) is 6.59. The van der Waals surface area contributed by atoms with Crippen molar-refractivity contribution < 1.29 is 17.9 Å². The van der Waals surface area contributed by atoms with Crippen LogP contribution in [0.5, 0.6) is 0 Å². The summed E-state index contributed by atoms with van der Waals surface area (Å²) in [4.78, 5) is 12.0. The number of thiophene rings is 1. The summed E-state index contributed by atoms with van der Waals surface area (Å²) in [6, 6.07) is 1.28. The van der Waals surface area contributed by atoms with Crippen molar-refractivity contribution in [2.75, 3.05) is 0 Å². The molecule has 0 spiro atoms. The van der Waals surface area contributed by atoms with Crippen molar-refractivity contribution in [3.05, 3.63) is 17.0 Å². The van der Waals surface area contributed by atoms with Gasteiger partial charge in [0.2, 0.25) is 10.0 Å². The fourth-order valence-corrected chi connectivity index (χ4v) is 3.97. The number of primary sulfonamides is 1. The van der Waals surface area contributed by atoms with E-state index in [2.05, 4.69) is 13.8 Å². The van der Waals surface area contributed by atoms with Crippen molar-refractivity contribution in [1.29, 1.82) is 0 Å². The summed E-state index contributed by atoms with van der Waals surface area (Å²) in [7, 11) is -3.75. The van der Waals surface area contributed by atoms with Crippen LogP contribution in [0.4, 0.5) is 0 Å². The number of ether oxygens (including phenoxy) is 1. The first-order chi connectivity index (χ1) is 9.27. The summed E-state index contributed by atoms with van der Waals surface area (Å²) >= 11 is 0.934. The zero-order valence-corrected chi connectivity index (χ0v) is 13.2. The molecule has 1 heterocycles. The van der Waals surface area contributed by atoms with Gasteiger partial charge in [-0.1, -0.05) is 13.8 Å². The lowest BCUT2D eigenvalue weighted by atomic mass is 9.80. The Morgan fingerprint density at radius 2 is 2.05 bits per heavy atom. The Kier molecular flexibility index (Phi) is 4.51. The lowest BCUT2D eigenvalue weighted by Gasteiger charge is -2.31. The van der Waals surface area contributed by atoms with E-state index in [9.17, 15) is 13.2 Å². The Bertz CT molecular complexity index is 593. The van der Waals surface area contributed by atoms with Crippen LogP contribution in [0.3, 0.4) is 0 Å². The topological polar surface area (TPSA) is 86.5 Å². The molecule has 3 atom stereocenters. The molecule has 5 nitrogen and oxygen atoms in total. The maximum Gasteiger partial charge on any atom is 0.339 e. The van der Waals surface area contributed by atoms with Gasteiger partial charge in [0.1, 0.15) is 10.3 Å². The van der Waals surface area contributed by atoms with Gasteiger partial charge in [-0.25, -0.2) is 18.4 Å². The van der Waals surface area contributed by atoms with E-state index >= 15 is 0 Å². The Morgan fingerprint density at radius 1 is 1.35 bits per heavy atom. The quantitative estimate of drug-likeness (QED) is 0.867. The van der Waals surface area contributed by atoms with E-state index in [1.807, 2.05) is 0 Å². The molecule has 0 amide bonds. The van der Waals surface area contributed by atoms with E-state index in [1.165, 1.54) is 11.4 Å². The molecule has 1 aliphatic rings. The Hall–Kier alpha value is -0.920.